The van der Waals surface area contributed by atoms with Gasteiger partial charge in [0, 0.05) is 7.05 Å². The minimum absolute atomic E-state index is 1.23. The molecule has 1 aliphatic rings. The molecule has 0 radical (unpaired) electrons. The van der Waals surface area contributed by atoms with E-state index in [9.17, 15) is 0 Å². The predicted molar refractivity (Wildman–Crippen MR) is 69.7 cm³/mol. The van der Waals surface area contributed by atoms with Gasteiger partial charge in [-0.3, -0.25) is 0 Å². The van der Waals surface area contributed by atoms with Crippen molar-refractivity contribution in [3.05, 3.63) is 0 Å². The zero-order chi connectivity index (χ0) is 10.9. The third-order valence-electron chi connectivity index (χ3n) is 1.34. The highest BCUT2D eigenvalue weighted by Gasteiger charge is 2.40. The van der Waals surface area contributed by atoms with Gasteiger partial charge in [0.25, 0.3) is 0 Å². The van der Waals surface area contributed by atoms with Crippen molar-refractivity contribution in [1.29, 1.82) is 0 Å². The Labute approximate surface area is 105 Å². The summed E-state index contributed by atoms with van der Waals surface area (Å²) < 4.78 is 7.22. The molecular weight excluding hydrogens is 325 g/mol. The number of rotatable bonds is 0. The van der Waals surface area contributed by atoms with Crippen LogP contribution in [0.2, 0.25) is 0 Å². The fourth-order valence-electron chi connectivity index (χ4n) is 0.691. The molecule has 0 saturated carbocycles. The average Bonchev–Trinajstić information content (AvgIpc) is 2.12. The molecule has 14 heavy (non-hydrogen) atoms. The molecule has 1 aliphatic heterocycles. The molecule has 0 aliphatic carbocycles. The van der Waals surface area contributed by atoms with Crippen LogP contribution in [0.25, 0.3) is 0 Å². The van der Waals surface area contributed by atoms with Crippen LogP contribution in [-0.4, -0.2) is 15.4 Å². The fraction of sp³-hybridized carbons (Fsp3) is 0.500. The van der Waals surface area contributed by atoms with E-state index in [0.717, 1.165) is 0 Å². The maximum absolute atomic E-state index is 6.26. The van der Waals surface area contributed by atoms with Gasteiger partial charge in [-0.2, -0.15) is 0 Å². The van der Waals surface area contributed by atoms with Crippen LogP contribution in [0.3, 0.4) is 0 Å². The van der Waals surface area contributed by atoms with E-state index in [1.165, 1.54) is 3.96 Å². The third kappa shape index (κ3) is 2.70. The first-order chi connectivity index (χ1) is 6.42. The third-order valence-corrected chi connectivity index (χ3v) is 13.8. The maximum Gasteiger partial charge on any atom is 0.210 e. The summed E-state index contributed by atoms with van der Waals surface area (Å²) in [5.74, 6) is 2.74. The van der Waals surface area contributed by atoms with E-state index in [0.29, 0.717) is 0 Å². The highest BCUT2D eigenvalue weighted by molar-refractivity contribution is 8.09. The molecule has 0 N–H and O–H groups in total. The molecule has 0 bridgehead atoms. The molecule has 0 amide bonds. The summed E-state index contributed by atoms with van der Waals surface area (Å²) in [4.78, 5) is 0. The molecule has 0 aromatic rings. The van der Waals surface area contributed by atoms with Gasteiger partial charge >= 0.3 is 0 Å². The molecule has 1 rings (SSSR count). The van der Waals surface area contributed by atoms with Crippen molar-refractivity contribution in [3.63, 3.8) is 0 Å². The second kappa shape index (κ2) is 5.37. The van der Waals surface area contributed by atoms with Crippen LogP contribution in [0.15, 0.2) is 4.52 Å². The Balaban J connectivity index is 3.17. The summed E-state index contributed by atoms with van der Waals surface area (Å²) in [6, 6.07) is 0. The summed E-state index contributed by atoms with van der Waals surface area (Å²) in [6.45, 7) is -0.665. The van der Waals surface area contributed by atoms with Gasteiger partial charge in [-0.25, -0.2) is 8.96 Å². The molecule has 10 heteroatoms. The van der Waals surface area contributed by atoms with Crippen LogP contribution < -0.4 is 0 Å². The quantitative estimate of drug-likeness (QED) is 0.328. The second-order valence-corrected chi connectivity index (χ2v) is 11.8. The molecule has 80 valence electrons. The van der Waals surface area contributed by atoms with Crippen molar-refractivity contribution >= 4 is 67.2 Å². The van der Waals surface area contributed by atoms with Crippen LogP contribution >= 0.6 is 67.2 Å². The van der Waals surface area contributed by atoms with Crippen molar-refractivity contribution in [2.45, 2.75) is 6.92 Å². The van der Waals surface area contributed by atoms with Gasteiger partial charge in [-0.15, -0.1) is 3.96 Å². The molecule has 0 aromatic heterocycles. The molecule has 0 fully saturated rings. The maximum atomic E-state index is 6.26. The van der Waals surface area contributed by atoms with Crippen LogP contribution in [0.4, 0.5) is 0 Å². The zero-order valence-corrected chi connectivity index (χ0v) is 12.9. The second-order valence-electron chi connectivity index (χ2n) is 2.19. The molecule has 1 heterocycles. The first kappa shape index (κ1) is 13.8. The van der Waals surface area contributed by atoms with Crippen LogP contribution in [0.5, 0.6) is 0 Å². The molecule has 0 aromatic carbocycles. The number of hydrogen-bond donors (Lipinski definition) is 0. The summed E-state index contributed by atoms with van der Waals surface area (Å²) >= 11 is 24.1. The van der Waals surface area contributed by atoms with E-state index >= 15 is 0 Å². The summed E-state index contributed by atoms with van der Waals surface area (Å²) in [5.41, 5.74) is 2.86. The SMILES string of the molecule is CC#CP1(Cl)=NP(Cl)N(Cl)P(Cl)N1C. The first-order valence-corrected chi connectivity index (χ1v) is 10.5. The lowest BCUT2D eigenvalue weighted by Crippen LogP contribution is -2.12. The van der Waals surface area contributed by atoms with E-state index in [-0.39, 0.29) is 0 Å². The van der Waals surface area contributed by atoms with Gasteiger partial charge in [-0.1, -0.05) is 17.2 Å². The normalized spacial score (nSPS) is 39.9. The molecular formula is C4H6Cl4N3P3. The Morgan fingerprint density at radius 1 is 1.43 bits per heavy atom. The zero-order valence-electron chi connectivity index (χ0n) is 7.20. The van der Waals surface area contributed by atoms with Gasteiger partial charge in [0.05, 0.1) is 0 Å². The van der Waals surface area contributed by atoms with Gasteiger partial charge in [0.2, 0.25) is 7.58 Å². The van der Waals surface area contributed by atoms with Crippen molar-refractivity contribution in [2.24, 2.45) is 4.52 Å². The lowest BCUT2D eigenvalue weighted by Gasteiger charge is -2.36. The summed E-state index contributed by atoms with van der Waals surface area (Å²) in [7, 11) is -0.831. The Morgan fingerprint density at radius 2 is 2.00 bits per heavy atom. The summed E-state index contributed by atoms with van der Waals surface area (Å²) in [6.07, 6.45) is 0. The van der Waals surface area contributed by atoms with Crippen molar-refractivity contribution < 1.29 is 0 Å². The standard InChI is InChI=1S/C4H6Cl4N3P3/c1-3-4-14(8)9-12(6)11(5)13(7)10(14)2/h1-2H3. The van der Waals surface area contributed by atoms with Crippen LogP contribution in [0.1, 0.15) is 6.92 Å². The minimum Gasteiger partial charge on any atom is -0.204 e. The number of halogens is 4. The number of hydrogen-bond acceptors (Lipinski definition) is 3. The first-order valence-electron chi connectivity index (χ1n) is 3.30. The van der Waals surface area contributed by atoms with Crippen molar-refractivity contribution in [3.8, 4) is 11.6 Å². The Morgan fingerprint density at radius 3 is 2.50 bits per heavy atom. The van der Waals surface area contributed by atoms with Crippen LogP contribution in [0, 0.1) is 11.6 Å². The van der Waals surface area contributed by atoms with E-state index < -0.39 is 21.7 Å². The van der Waals surface area contributed by atoms with E-state index in [1.807, 2.05) is 0 Å². The molecule has 3 atom stereocenters. The van der Waals surface area contributed by atoms with Crippen molar-refractivity contribution in [2.75, 3.05) is 7.05 Å². The minimum atomic E-state index is -2.37. The Hall–Kier alpha value is 1.73. The number of nitrogens with zero attached hydrogens (tertiary/aromatic N) is 3. The van der Waals surface area contributed by atoms with Crippen molar-refractivity contribution in [1.82, 2.24) is 8.40 Å². The largest absolute Gasteiger partial charge is 0.210 e. The fourth-order valence-corrected chi connectivity index (χ4v) is 11.8. The molecule has 3 unspecified atom stereocenters. The van der Waals surface area contributed by atoms with E-state index in [1.54, 1.807) is 18.4 Å². The molecule has 0 saturated heterocycles. The topological polar surface area (TPSA) is 18.8 Å². The average molecular weight is 331 g/mol. The lowest BCUT2D eigenvalue weighted by atomic mass is 10.9. The van der Waals surface area contributed by atoms with E-state index in [4.69, 9.17) is 45.5 Å². The Bertz CT molecular complexity index is 338. The predicted octanol–water partition coefficient (Wildman–Crippen LogP) is 5.57. The summed E-state index contributed by atoms with van der Waals surface area (Å²) in [5, 5.41) is 0. The molecule has 0 spiro atoms. The van der Waals surface area contributed by atoms with E-state index in [2.05, 4.69) is 16.1 Å². The Kier molecular flexibility index (Phi) is 5.30. The highest BCUT2D eigenvalue weighted by atomic mass is 35.7. The highest BCUT2D eigenvalue weighted by Crippen LogP contribution is 2.82. The van der Waals surface area contributed by atoms with Gasteiger partial charge in [0.15, 0.2) is 14.1 Å². The lowest BCUT2D eigenvalue weighted by molar-refractivity contribution is 0.862. The van der Waals surface area contributed by atoms with Gasteiger partial charge in [-0.05, 0) is 46.8 Å². The monoisotopic (exact) mass is 329 g/mol. The van der Waals surface area contributed by atoms with Gasteiger partial charge < -0.3 is 0 Å². The van der Waals surface area contributed by atoms with Crippen LogP contribution in [-0.2, 0) is 0 Å². The molecule has 3 nitrogen and oxygen atoms in total. The van der Waals surface area contributed by atoms with Gasteiger partial charge in [0.1, 0.15) is 0 Å². The smallest absolute Gasteiger partial charge is 0.204 e.